The highest BCUT2D eigenvalue weighted by atomic mass is 16.5. The summed E-state index contributed by atoms with van der Waals surface area (Å²) in [7, 11) is 1.37. The number of aryl methyl sites for hydroxylation is 1. The van der Waals surface area contributed by atoms with Gasteiger partial charge in [0.05, 0.1) is 13.7 Å². The first-order valence-corrected chi connectivity index (χ1v) is 11.1. The summed E-state index contributed by atoms with van der Waals surface area (Å²) in [4.78, 5) is 25.0. The average Bonchev–Trinajstić information content (AvgIpc) is 3.13. The fourth-order valence-electron chi connectivity index (χ4n) is 4.45. The van der Waals surface area contributed by atoms with E-state index in [1.54, 1.807) is 48.5 Å². The van der Waals surface area contributed by atoms with Gasteiger partial charge in [0, 0.05) is 17.7 Å². The quantitative estimate of drug-likeness (QED) is 0.339. The lowest BCUT2D eigenvalue weighted by molar-refractivity contribution is -0.140. The van der Waals surface area contributed by atoms with Gasteiger partial charge in [-0.1, -0.05) is 24.3 Å². The van der Waals surface area contributed by atoms with Crippen LogP contribution in [-0.2, 0) is 19.7 Å². The van der Waals surface area contributed by atoms with Gasteiger partial charge in [0.2, 0.25) is 5.91 Å². The minimum Gasteiger partial charge on any atom is -0.508 e. The van der Waals surface area contributed by atoms with E-state index in [0.717, 1.165) is 11.1 Å². The normalized spacial score (nSPS) is 13.8. The molecule has 0 saturated heterocycles. The topological polar surface area (TPSA) is 105 Å². The van der Waals surface area contributed by atoms with Gasteiger partial charge in [0.25, 0.3) is 0 Å². The van der Waals surface area contributed by atoms with Crippen molar-refractivity contribution in [3.8, 4) is 17.2 Å². The number of carbonyl (C=O) groups excluding carboxylic acids is 2. The molecule has 0 saturated carbocycles. The summed E-state index contributed by atoms with van der Waals surface area (Å²) in [6, 6.07) is 16.9. The molecule has 1 amide bonds. The summed E-state index contributed by atoms with van der Waals surface area (Å²) in [5, 5.41) is 22.7. The number of phenolic OH excluding ortho intramolecular Hbond substituents is 2. The van der Waals surface area contributed by atoms with Crippen molar-refractivity contribution in [2.24, 2.45) is 0 Å². The predicted octanol–water partition coefficient (Wildman–Crippen LogP) is 4.41. The van der Waals surface area contributed by atoms with Crippen molar-refractivity contribution in [3.63, 3.8) is 0 Å². The van der Waals surface area contributed by atoms with Gasteiger partial charge in [-0.05, 0) is 72.9 Å². The van der Waals surface area contributed by atoms with Gasteiger partial charge >= 0.3 is 5.97 Å². The minimum atomic E-state index is -1.19. The van der Waals surface area contributed by atoms with E-state index in [4.69, 9.17) is 4.74 Å². The van der Waals surface area contributed by atoms with Crippen LogP contribution in [0.2, 0.25) is 0 Å². The van der Waals surface area contributed by atoms with Crippen LogP contribution < -0.4 is 10.1 Å². The number of ether oxygens (including phenoxy) is 2. The Balaban J connectivity index is 1.75. The molecule has 0 aromatic heterocycles. The largest absolute Gasteiger partial charge is 0.508 e. The highest BCUT2D eigenvalue weighted by Crippen LogP contribution is 2.50. The molecule has 0 spiro atoms. The molecule has 0 aliphatic carbocycles. The van der Waals surface area contributed by atoms with Crippen LogP contribution in [0.4, 0.5) is 5.69 Å². The number of rotatable bonds is 8. The molecule has 0 radical (unpaired) electrons. The van der Waals surface area contributed by atoms with Crippen molar-refractivity contribution in [2.75, 3.05) is 19.0 Å². The second kappa shape index (κ2) is 9.47. The zero-order valence-corrected chi connectivity index (χ0v) is 19.1. The van der Waals surface area contributed by atoms with Crippen LogP contribution >= 0.6 is 0 Å². The Labute approximate surface area is 198 Å². The molecule has 1 aliphatic rings. The fourth-order valence-corrected chi connectivity index (χ4v) is 4.45. The zero-order valence-electron chi connectivity index (χ0n) is 19.1. The van der Waals surface area contributed by atoms with Gasteiger partial charge in [0.1, 0.15) is 22.7 Å². The zero-order chi connectivity index (χ0) is 24.3. The summed E-state index contributed by atoms with van der Waals surface area (Å²) in [5.41, 5.74) is 2.48. The maximum absolute atomic E-state index is 13.7. The molecule has 3 aromatic carbocycles. The third-order valence-corrected chi connectivity index (χ3v) is 6.16. The summed E-state index contributed by atoms with van der Waals surface area (Å²) in [5.74, 6) is 0.349. The molecule has 1 heterocycles. The number of carbonyl (C=O) groups is 2. The number of benzene rings is 3. The highest BCUT2D eigenvalue weighted by Gasteiger charge is 2.50. The Kier molecular flexibility index (Phi) is 6.45. The Hall–Kier alpha value is -4.00. The molecule has 4 rings (SSSR count). The second-order valence-electron chi connectivity index (χ2n) is 8.34. The number of anilines is 1. The number of hydrogen-bond donors (Lipinski definition) is 3. The Morgan fingerprint density at radius 2 is 1.53 bits per heavy atom. The highest BCUT2D eigenvalue weighted by molar-refractivity contribution is 6.12. The van der Waals surface area contributed by atoms with Crippen LogP contribution in [0.15, 0.2) is 60.7 Å². The maximum Gasteiger partial charge on any atom is 0.305 e. The number of fused-ring (bicyclic) bond motifs is 1. The van der Waals surface area contributed by atoms with Gasteiger partial charge in [-0.2, -0.15) is 0 Å². The first kappa shape index (κ1) is 23.2. The number of unbranched alkanes of at least 4 members (excludes halogenated alkanes) is 1. The number of methoxy groups -OCH3 is 1. The molecule has 0 atom stereocenters. The van der Waals surface area contributed by atoms with Crippen molar-refractivity contribution in [3.05, 3.63) is 82.9 Å². The molecule has 0 unspecified atom stereocenters. The van der Waals surface area contributed by atoms with Crippen molar-refractivity contribution >= 4 is 17.6 Å². The molecular weight excluding hydrogens is 434 g/mol. The van der Waals surface area contributed by atoms with Crippen LogP contribution in [0.1, 0.15) is 41.5 Å². The van der Waals surface area contributed by atoms with E-state index in [1.807, 2.05) is 19.1 Å². The molecule has 0 fully saturated rings. The van der Waals surface area contributed by atoms with E-state index in [2.05, 4.69) is 10.1 Å². The Bertz CT molecular complexity index is 1160. The van der Waals surface area contributed by atoms with Crippen molar-refractivity contribution in [2.45, 2.75) is 31.6 Å². The van der Waals surface area contributed by atoms with E-state index >= 15 is 0 Å². The van der Waals surface area contributed by atoms with Crippen LogP contribution in [0.5, 0.6) is 17.2 Å². The number of hydrogen-bond acceptors (Lipinski definition) is 6. The number of nitrogens with one attached hydrogen (secondary N) is 1. The number of phenols is 2. The van der Waals surface area contributed by atoms with Gasteiger partial charge in [-0.15, -0.1) is 0 Å². The summed E-state index contributed by atoms with van der Waals surface area (Å²) < 4.78 is 10.7. The van der Waals surface area contributed by atoms with Gasteiger partial charge < -0.3 is 25.0 Å². The van der Waals surface area contributed by atoms with E-state index in [0.29, 0.717) is 48.4 Å². The van der Waals surface area contributed by atoms with Crippen LogP contribution in [0.25, 0.3) is 0 Å². The Morgan fingerprint density at radius 3 is 2.09 bits per heavy atom. The Morgan fingerprint density at radius 1 is 0.941 bits per heavy atom. The summed E-state index contributed by atoms with van der Waals surface area (Å²) in [6.07, 6.45) is 1.68. The molecule has 7 heteroatoms. The molecule has 176 valence electrons. The van der Waals surface area contributed by atoms with Crippen molar-refractivity contribution in [1.82, 2.24) is 0 Å². The lowest BCUT2D eigenvalue weighted by atomic mass is 9.70. The lowest BCUT2D eigenvalue weighted by Gasteiger charge is -2.29. The van der Waals surface area contributed by atoms with Crippen molar-refractivity contribution in [1.29, 1.82) is 0 Å². The standard InChI is InChI=1S/C27H27NO6/c1-17-15-22(34-14-4-3-5-24(31)33-2)16-23-25(17)28-26(32)27(23,18-6-10-20(29)11-7-18)19-8-12-21(30)13-9-19/h6-13,15-16,29-30H,3-5,14H2,1-2H3,(H,28,32). The molecular formula is C27H27NO6. The van der Waals surface area contributed by atoms with Crippen molar-refractivity contribution < 1.29 is 29.3 Å². The smallest absolute Gasteiger partial charge is 0.305 e. The molecule has 34 heavy (non-hydrogen) atoms. The first-order valence-electron chi connectivity index (χ1n) is 11.1. The van der Waals surface area contributed by atoms with Crippen LogP contribution in [0, 0.1) is 6.92 Å². The fraction of sp³-hybridized carbons (Fsp3) is 0.259. The first-order chi connectivity index (χ1) is 16.4. The van der Waals surface area contributed by atoms with Gasteiger partial charge in [-0.3, -0.25) is 9.59 Å². The lowest BCUT2D eigenvalue weighted by Crippen LogP contribution is -2.37. The van der Waals surface area contributed by atoms with Gasteiger partial charge in [-0.25, -0.2) is 0 Å². The van der Waals surface area contributed by atoms with Crippen LogP contribution in [-0.4, -0.2) is 35.8 Å². The average molecular weight is 462 g/mol. The van der Waals surface area contributed by atoms with E-state index in [9.17, 15) is 19.8 Å². The molecule has 3 aromatic rings. The second-order valence-corrected chi connectivity index (χ2v) is 8.34. The molecule has 0 bridgehead atoms. The summed E-state index contributed by atoms with van der Waals surface area (Å²) in [6.45, 7) is 2.33. The summed E-state index contributed by atoms with van der Waals surface area (Å²) >= 11 is 0. The SMILES string of the molecule is COC(=O)CCCCOc1cc(C)c2c(c1)C(c1ccc(O)cc1)(c1ccc(O)cc1)C(=O)N2. The molecule has 3 N–H and O–H groups in total. The van der Waals surface area contributed by atoms with E-state index in [-0.39, 0.29) is 23.4 Å². The van der Waals surface area contributed by atoms with E-state index in [1.165, 1.54) is 7.11 Å². The predicted molar refractivity (Wildman–Crippen MR) is 127 cm³/mol. The molecule has 7 nitrogen and oxygen atoms in total. The van der Waals surface area contributed by atoms with E-state index < -0.39 is 5.41 Å². The third kappa shape index (κ3) is 4.17. The van der Waals surface area contributed by atoms with Crippen LogP contribution in [0.3, 0.4) is 0 Å². The maximum atomic E-state index is 13.7. The molecule has 1 aliphatic heterocycles. The number of amides is 1. The van der Waals surface area contributed by atoms with Gasteiger partial charge in [0.15, 0.2) is 0 Å². The number of esters is 1. The minimum absolute atomic E-state index is 0.100. The monoisotopic (exact) mass is 461 g/mol. The third-order valence-electron chi connectivity index (χ3n) is 6.16. The number of aromatic hydroxyl groups is 2.